The lowest BCUT2D eigenvalue weighted by atomic mass is 10.1. The maximum atomic E-state index is 9.26. The minimum absolute atomic E-state index is 0.338. The van der Waals surface area contributed by atoms with Crippen LogP contribution in [0.15, 0.2) is 53.0 Å². The van der Waals surface area contributed by atoms with Gasteiger partial charge in [-0.2, -0.15) is 5.26 Å². The van der Waals surface area contributed by atoms with Gasteiger partial charge in [-0.1, -0.05) is 45.7 Å². The molecule has 0 atom stereocenters. The Labute approximate surface area is 134 Å². The molecule has 0 radical (unpaired) electrons. The monoisotopic (exact) mass is 358 g/mol. The van der Waals surface area contributed by atoms with Crippen LogP contribution in [0.5, 0.6) is 11.6 Å². The molecule has 5 heteroatoms. The predicted molar refractivity (Wildman–Crippen MR) is 85.7 cm³/mol. The third-order valence-corrected chi connectivity index (χ3v) is 3.73. The highest BCUT2D eigenvalue weighted by Gasteiger charge is 2.09. The number of para-hydroxylation sites is 1. The molecule has 0 saturated heterocycles. The number of nitriles is 1. The van der Waals surface area contributed by atoms with Gasteiger partial charge in [0.25, 0.3) is 0 Å². The standard InChI is InChI=1S/C16H8BrClN2O/c17-11-5-6-13(18)15(8-11)21-16-7-10(9-19)12-3-1-2-4-14(12)20-16/h1-8H. The number of hydrogen-bond donors (Lipinski definition) is 0. The summed E-state index contributed by atoms with van der Waals surface area (Å²) >= 11 is 9.47. The molecule has 0 fully saturated rings. The number of hydrogen-bond acceptors (Lipinski definition) is 3. The molecule has 3 aromatic rings. The van der Waals surface area contributed by atoms with Crippen LogP contribution in [0.25, 0.3) is 10.9 Å². The number of nitrogens with zero attached hydrogens (tertiary/aromatic N) is 2. The van der Waals surface area contributed by atoms with Gasteiger partial charge >= 0.3 is 0 Å². The van der Waals surface area contributed by atoms with E-state index in [0.29, 0.717) is 27.7 Å². The van der Waals surface area contributed by atoms with Gasteiger partial charge < -0.3 is 4.74 Å². The van der Waals surface area contributed by atoms with Gasteiger partial charge in [-0.05, 0) is 24.3 Å². The van der Waals surface area contributed by atoms with Gasteiger partial charge in [0, 0.05) is 15.9 Å². The number of pyridine rings is 1. The van der Waals surface area contributed by atoms with Crippen LogP contribution in [-0.4, -0.2) is 4.98 Å². The Morgan fingerprint density at radius 1 is 1.14 bits per heavy atom. The summed E-state index contributed by atoms with van der Waals surface area (Å²) in [6.07, 6.45) is 0. The Kier molecular flexibility index (Phi) is 3.78. The van der Waals surface area contributed by atoms with Crippen molar-refractivity contribution >= 4 is 38.4 Å². The van der Waals surface area contributed by atoms with Crippen LogP contribution in [0.3, 0.4) is 0 Å². The molecule has 3 rings (SSSR count). The van der Waals surface area contributed by atoms with Gasteiger partial charge in [0.2, 0.25) is 5.88 Å². The largest absolute Gasteiger partial charge is 0.437 e. The lowest BCUT2D eigenvalue weighted by Gasteiger charge is -2.09. The number of fused-ring (bicyclic) bond motifs is 1. The fourth-order valence-corrected chi connectivity index (χ4v) is 2.46. The Morgan fingerprint density at radius 3 is 2.76 bits per heavy atom. The molecule has 0 N–H and O–H groups in total. The quantitative estimate of drug-likeness (QED) is 0.622. The third-order valence-electron chi connectivity index (χ3n) is 2.92. The van der Waals surface area contributed by atoms with Crippen molar-refractivity contribution in [2.45, 2.75) is 0 Å². The Bertz CT molecular complexity index is 874. The van der Waals surface area contributed by atoms with E-state index in [9.17, 15) is 5.26 Å². The number of benzene rings is 2. The summed E-state index contributed by atoms with van der Waals surface area (Å²) in [6.45, 7) is 0. The third kappa shape index (κ3) is 2.85. The van der Waals surface area contributed by atoms with Crippen LogP contribution >= 0.6 is 27.5 Å². The predicted octanol–water partition coefficient (Wildman–Crippen LogP) is 5.31. The summed E-state index contributed by atoms with van der Waals surface area (Å²) < 4.78 is 6.57. The second-order valence-corrected chi connectivity index (χ2v) is 5.64. The highest BCUT2D eigenvalue weighted by Crippen LogP contribution is 2.32. The van der Waals surface area contributed by atoms with Gasteiger partial charge in [-0.15, -0.1) is 0 Å². The molecule has 0 aliphatic carbocycles. The van der Waals surface area contributed by atoms with Crippen LogP contribution in [-0.2, 0) is 0 Å². The highest BCUT2D eigenvalue weighted by molar-refractivity contribution is 9.10. The number of rotatable bonds is 2. The van der Waals surface area contributed by atoms with E-state index >= 15 is 0 Å². The van der Waals surface area contributed by atoms with Crippen molar-refractivity contribution in [1.29, 1.82) is 5.26 Å². The van der Waals surface area contributed by atoms with Crippen molar-refractivity contribution in [3.63, 3.8) is 0 Å². The van der Waals surface area contributed by atoms with Gasteiger partial charge in [-0.25, -0.2) is 4.98 Å². The number of halogens is 2. The Balaban J connectivity index is 2.09. The fourth-order valence-electron chi connectivity index (χ4n) is 1.96. The minimum Gasteiger partial charge on any atom is -0.437 e. The first kappa shape index (κ1) is 13.9. The van der Waals surface area contributed by atoms with Crippen molar-refractivity contribution in [1.82, 2.24) is 4.98 Å². The highest BCUT2D eigenvalue weighted by atomic mass is 79.9. The molecule has 0 spiro atoms. The molecule has 1 heterocycles. The van der Waals surface area contributed by atoms with E-state index in [0.717, 1.165) is 9.86 Å². The second kappa shape index (κ2) is 5.72. The second-order valence-electron chi connectivity index (χ2n) is 4.31. The zero-order chi connectivity index (χ0) is 14.8. The zero-order valence-electron chi connectivity index (χ0n) is 10.7. The summed E-state index contributed by atoms with van der Waals surface area (Å²) in [5, 5.41) is 10.5. The summed E-state index contributed by atoms with van der Waals surface area (Å²) in [4.78, 5) is 4.40. The smallest absolute Gasteiger partial charge is 0.221 e. The molecule has 2 aromatic carbocycles. The number of ether oxygens (including phenoxy) is 1. The molecular weight excluding hydrogens is 352 g/mol. The SMILES string of the molecule is N#Cc1cc(Oc2cc(Br)ccc2Cl)nc2ccccc12. The van der Waals surface area contributed by atoms with Crippen LogP contribution < -0.4 is 4.74 Å². The van der Waals surface area contributed by atoms with Gasteiger partial charge in [0.05, 0.1) is 16.1 Å². The minimum atomic E-state index is 0.338. The zero-order valence-corrected chi connectivity index (χ0v) is 13.0. The molecule has 102 valence electrons. The maximum absolute atomic E-state index is 9.26. The fraction of sp³-hybridized carbons (Fsp3) is 0. The molecule has 0 bridgehead atoms. The molecule has 1 aromatic heterocycles. The van der Waals surface area contributed by atoms with E-state index in [1.807, 2.05) is 30.3 Å². The normalized spacial score (nSPS) is 10.3. The van der Waals surface area contributed by atoms with E-state index < -0.39 is 0 Å². The summed E-state index contributed by atoms with van der Waals surface area (Å²) in [5.41, 5.74) is 1.22. The van der Waals surface area contributed by atoms with E-state index in [-0.39, 0.29) is 0 Å². The van der Waals surface area contributed by atoms with Crippen molar-refractivity contribution in [2.24, 2.45) is 0 Å². The first-order valence-corrected chi connectivity index (χ1v) is 7.27. The van der Waals surface area contributed by atoms with Crippen molar-refractivity contribution in [2.75, 3.05) is 0 Å². The van der Waals surface area contributed by atoms with Crippen LogP contribution in [0.4, 0.5) is 0 Å². The lowest BCUT2D eigenvalue weighted by Crippen LogP contribution is -1.92. The molecule has 0 aliphatic rings. The van der Waals surface area contributed by atoms with Crippen molar-refractivity contribution < 1.29 is 4.74 Å². The van der Waals surface area contributed by atoms with Crippen LogP contribution in [0, 0.1) is 11.3 Å². The van der Waals surface area contributed by atoms with Crippen molar-refractivity contribution in [3.8, 4) is 17.7 Å². The molecule has 0 amide bonds. The van der Waals surface area contributed by atoms with Gasteiger partial charge in [0.1, 0.15) is 11.8 Å². The average Bonchev–Trinajstić information content (AvgIpc) is 2.50. The maximum Gasteiger partial charge on any atom is 0.221 e. The summed E-state index contributed by atoms with van der Waals surface area (Å²) in [7, 11) is 0. The summed E-state index contributed by atoms with van der Waals surface area (Å²) in [6, 6.07) is 16.5. The number of aromatic nitrogens is 1. The summed E-state index contributed by atoms with van der Waals surface area (Å²) in [5.74, 6) is 0.822. The van der Waals surface area contributed by atoms with E-state index in [4.69, 9.17) is 16.3 Å². The van der Waals surface area contributed by atoms with Crippen molar-refractivity contribution in [3.05, 3.63) is 63.6 Å². The lowest BCUT2D eigenvalue weighted by molar-refractivity contribution is 0.465. The Hall–Kier alpha value is -2.09. The average molecular weight is 360 g/mol. The molecule has 0 aliphatic heterocycles. The molecule has 0 saturated carbocycles. The molecule has 0 unspecified atom stereocenters. The first-order chi connectivity index (χ1) is 10.2. The molecular formula is C16H8BrClN2O. The van der Waals surface area contributed by atoms with Crippen LogP contribution in [0.2, 0.25) is 5.02 Å². The van der Waals surface area contributed by atoms with E-state index in [1.54, 1.807) is 18.2 Å². The van der Waals surface area contributed by atoms with E-state index in [1.165, 1.54) is 0 Å². The topological polar surface area (TPSA) is 45.9 Å². The van der Waals surface area contributed by atoms with E-state index in [2.05, 4.69) is 27.0 Å². The van der Waals surface area contributed by atoms with Gasteiger partial charge in [0.15, 0.2) is 0 Å². The van der Waals surface area contributed by atoms with Gasteiger partial charge in [-0.3, -0.25) is 0 Å². The Morgan fingerprint density at radius 2 is 1.95 bits per heavy atom. The molecule has 3 nitrogen and oxygen atoms in total. The molecule has 21 heavy (non-hydrogen) atoms. The first-order valence-electron chi connectivity index (χ1n) is 6.10. The van der Waals surface area contributed by atoms with Crippen LogP contribution in [0.1, 0.15) is 5.56 Å².